The van der Waals surface area contributed by atoms with Crippen LogP contribution in [0, 0.1) is 0 Å². The molecule has 16 heavy (non-hydrogen) atoms. The molecule has 0 aromatic heterocycles. The molecule has 0 N–H and O–H groups in total. The molecule has 0 amide bonds. The minimum atomic E-state index is -1.54. The van der Waals surface area contributed by atoms with Crippen LogP contribution in [0.15, 0.2) is 46.0 Å². The molecule has 0 aliphatic rings. The van der Waals surface area contributed by atoms with Crippen molar-refractivity contribution in [2.24, 2.45) is 0 Å². The van der Waals surface area contributed by atoms with E-state index in [0.29, 0.717) is 16.8 Å². The van der Waals surface area contributed by atoms with Crippen molar-refractivity contribution in [3.8, 4) is 5.75 Å². The van der Waals surface area contributed by atoms with E-state index in [-0.39, 0.29) is 0 Å². The second-order valence-electron chi connectivity index (χ2n) is 2.76. The molecule has 0 bridgehead atoms. The quantitative estimate of drug-likeness (QED) is 0.785. The number of hydrogen-bond donors (Lipinski definition) is 0. The SMILES string of the molecule is COCC(Br)=C=CS(=O)Oc1ccccc1. The molecule has 0 radical (unpaired) electrons. The molecule has 0 saturated carbocycles. The molecule has 3 nitrogen and oxygen atoms in total. The largest absolute Gasteiger partial charge is 0.397 e. The van der Waals surface area contributed by atoms with Crippen LogP contribution in [-0.4, -0.2) is 17.9 Å². The van der Waals surface area contributed by atoms with Crippen LogP contribution < -0.4 is 4.18 Å². The molecular weight excluding hydrogens is 292 g/mol. The highest BCUT2D eigenvalue weighted by Crippen LogP contribution is 2.10. The fraction of sp³-hybridized carbons (Fsp3) is 0.182. The first-order valence-corrected chi connectivity index (χ1v) is 6.39. The summed E-state index contributed by atoms with van der Waals surface area (Å²) in [4.78, 5) is 0. The van der Waals surface area contributed by atoms with Crippen molar-refractivity contribution in [1.82, 2.24) is 0 Å². The van der Waals surface area contributed by atoms with E-state index in [1.54, 1.807) is 19.2 Å². The van der Waals surface area contributed by atoms with Gasteiger partial charge in [-0.1, -0.05) is 23.9 Å². The van der Waals surface area contributed by atoms with Crippen LogP contribution in [0.1, 0.15) is 0 Å². The topological polar surface area (TPSA) is 35.5 Å². The highest BCUT2D eigenvalue weighted by molar-refractivity contribution is 9.11. The van der Waals surface area contributed by atoms with Gasteiger partial charge in [-0.3, -0.25) is 0 Å². The minimum Gasteiger partial charge on any atom is -0.397 e. The first-order chi connectivity index (χ1) is 7.72. The molecule has 1 rings (SSSR count). The van der Waals surface area contributed by atoms with Gasteiger partial charge in [-0.2, -0.15) is 0 Å². The van der Waals surface area contributed by atoms with Crippen LogP contribution in [0.25, 0.3) is 0 Å². The molecule has 0 aliphatic carbocycles. The van der Waals surface area contributed by atoms with Crippen molar-refractivity contribution in [2.75, 3.05) is 13.7 Å². The zero-order chi connectivity index (χ0) is 11.8. The minimum absolute atomic E-state index is 0.388. The van der Waals surface area contributed by atoms with Crippen molar-refractivity contribution in [2.45, 2.75) is 0 Å². The van der Waals surface area contributed by atoms with E-state index >= 15 is 0 Å². The second kappa shape index (κ2) is 7.41. The first-order valence-electron chi connectivity index (χ1n) is 4.46. The highest BCUT2D eigenvalue weighted by atomic mass is 79.9. The summed E-state index contributed by atoms with van der Waals surface area (Å²) in [5.41, 5.74) is 2.76. The standard InChI is InChI=1S/C11H11BrO3S/c1-14-9-10(12)7-8-16(13)15-11-5-3-2-4-6-11/h2-6,8H,9H2,1H3. The average Bonchev–Trinajstić information content (AvgIpc) is 2.28. The summed E-state index contributed by atoms with van der Waals surface area (Å²) in [6.07, 6.45) is 0. The van der Waals surface area contributed by atoms with E-state index in [4.69, 9.17) is 8.92 Å². The van der Waals surface area contributed by atoms with Gasteiger partial charge in [0.25, 0.3) is 0 Å². The third-order valence-electron chi connectivity index (χ3n) is 1.50. The predicted octanol–water partition coefficient (Wildman–Crippen LogP) is 2.77. The third-order valence-corrected chi connectivity index (χ3v) is 2.63. The summed E-state index contributed by atoms with van der Waals surface area (Å²) in [5.74, 6) is 0.557. The molecule has 0 heterocycles. The number of hydrogen-bond acceptors (Lipinski definition) is 3. The maximum Gasteiger partial charge on any atom is 0.241 e. The molecule has 0 spiro atoms. The van der Waals surface area contributed by atoms with Crippen molar-refractivity contribution in [1.29, 1.82) is 0 Å². The predicted molar refractivity (Wildman–Crippen MR) is 67.6 cm³/mol. The van der Waals surface area contributed by atoms with Crippen molar-refractivity contribution >= 4 is 27.0 Å². The molecule has 5 heteroatoms. The van der Waals surface area contributed by atoms with Crippen LogP contribution in [0.2, 0.25) is 0 Å². The summed E-state index contributed by atoms with van der Waals surface area (Å²) in [5, 5.41) is 1.33. The molecule has 0 fully saturated rings. The van der Waals surface area contributed by atoms with Gasteiger partial charge in [0.15, 0.2) is 0 Å². The lowest BCUT2D eigenvalue weighted by Gasteiger charge is -1.98. The molecule has 1 atom stereocenters. The van der Waals surface area contributed by atoms with E-state index in [1.807, 2.05) is 18.2 Å². The van der Waals surface area contributed by atoms with Gasteiger partial charge >= 0.3 is 0 Å². The lowest BCUT2D eigenvalue weighted by Crippen LogP contribution is -1.95. The molecule has 0 aliphatic heterocycles. The van der Waals surface area contributed by atoms with E-state index in [9.17, 15) is 4.21 Å². The van der Waals surface area contributed by atoms with Crippen LogP contribution in [0.4, 0.5) is 0 Å². The monoisotopic (exact) mass is 302 g/mol. The van der Waals surface area contributed by atoms with Gasteiger partial charge in [-0.15, -0.1) is 0 Å². The Balaban J connectivity index is 2.58. The van der Waals surface area contributed by atoms with Crippen molar-refractivity contribution in [3.05, 3.63) is 46.0 Å². The van der Waals surface area contributed by atoms with Crippen LogP contribution in [0.3, 0.4) is 0 Å². The molecule has 1 aromatic rings. The Hall–Kier alpha value is -0.870. The zero-order valence-corrected chi connectivity index (χ0v) is 11.1. The third kappa shape index (κ3) is 5.28. The summed E-state index contributed by atoms with van der Waals surface area (Å²) in [6.45, 7) is 0.388. The summed E-state index contributed by atoms with van der Waals surface area (Å²) >= 11 is 1.67. The fourth-order valence-electron chi connectivity index (χ4n) is 0.875. The van der Waals surface area contributed by atoms with Crippen molar-refractivity contribution < 1.29 is 13.1 Å². The Morgan fingerprint density at radius 1 is 1.50 bits per heavy atom. The van der Waals surface area contributed by atoms with E-state index < -0.39 is 11.1 Å². The smallest absolute Gasteiger partial charge is 0.241 e. The van der Waals surface area contributed by atoms with Gasteiger partial charge < -0.3 is 8.92 Å². The Kier molecular flexibility index (Phi) is 6.11. The number of para-hydroxylation sites is 1. The molecule has 0 saturated heterocycles. The Morgan fingerprint density at radius 3 is 2.81 bits per heavy atom. The Morgan fingerprint density at radius 2 is 2.19 bits per heavy atom. The van der Waals surface area contributed by atoms with E-state index in [0.717, 1.165) is 0 Å². The number of ether oxygens (including phenoxy) is 1. The number of benzene rings is 1. The molecular formula is C11H11BrO3S. The number of methoxy groups -OCH3 is 1. The normalized spacial score (nSPS) is 11.4. The number of rotatable bonds is 5. The van der Waals surface area contributed by atoms with Gasteiger partial charge in [0, 0.05) is 7.11 Å². The van der Waals surface area contributed by atoms with Gasteiger partial charge in [0.05, 0.1) is 16.5 Å². The Labute approximate surface area is 106 Å². The molecule has 1 unspecified atom stereocenters. The van der Waals surface area contributed by atoms with Crippen LogP contribution in [-0.2, 0) is 15.8 Å². The van der Waals surface area contributed by atoms with Gasteiger partial charge in [0.1, 0.15) is 5.75 Å². The number of halogens is 1. The van der Waals surface area contributed by atoms with Crippen LogP contribution >= 0.6 is 15.9 Å². The maximum absolute atomic E-state index is 11.4. The van der Waals surface area contributed by atoms with E-state index in [2.05, 4.69) is 21.7 Å². The fourth-order valence-corrected chi connectivity index (χ4v) is 1.96. The summed E-state index contributed by atoms with van der Waals surface area (Å²) in [6, 6.07) is 8.96. The summed E-state index contributed by atoms with van der Waals surface area (Å²) < 4.78 is 22.1. The van der Waals surface area contributed by atoms with Crippen molar-refractivity contribution in [3.63, 3.8) is 0 Å². The zero-order valence-electron chi connectivity index (χ0n) is 8.68. The average molecular weight is 303 g/mol. The molecule has 1 aromatic carbocycles. The first kappa shape index (κ1) is 13.2. The van der Waals surface area contributed by atoms with Crippen LogP contribution in [0.5, 0.6) is 5.75 Å². The van der Waals surface area contributed by atoms with Gasteiger partial charge in [0.2, 0.25) is 11.1 Å². The lowest BCUT2D eigenvalue weighted by molar-refractivity contribution is 0.232. The highest BCUT2D eigenvalue weighted by Gasteiger charge is 1.96. The molecule has 86 valence electrons. The summed E-state index contributed by atoms with van der Waals surface area (Å²) in [7, 11) is 1.57. The van der Waals surface area contributed by atoms with Gasteiger partial charge in [-0.05, 0) is 28.1 Å². The van der Waals surface area contributed by atoms with Gasteiger partial charge in [-0.25, -0.2) is 4.21 Å². The lowest BCUT2D eigenvalue weighted by atomic mass is 10.3. The second-order valence-corrected chi connectivity index (χ2v) is 4.64. The Bertz CT molecular complexity index is 410. The maximum atomic E-state index is 11.4. The van der Waals surface area contributed by atoms with E-state index in [1.165, 1.54) is 5.41 Å².